The molecule has 0 unspecified atom stereocenters. The molecular weight excluding hydrogens is 329 g/mol. The van der Waals surface area contributed by atoms with E-state index in [0.29, 0.717) is 5.75 Å². The molecule has 0 radical (unpaired) electrons. The standard InChI is InChI=1S/C14H11BrFNO3/c1-7-2-3-8(15)4-12(7)20-13-6-10(16)9(14(18)19)5-11(13)17/h2-6H,17H2,1H3,(H,18,19). The first-order chi connectivity index (χ1) is 9.38. The van der Waals surface area contributed by atoms with Gasteiger partial charge in [-0.3, -0.25) is 0 Å². The lowest BCUT2D eigenvalue weighted by Gasteiger charge is -2.12. The van der Waals surface area contributed by atoms with E-state index in [-0.39, 0.29) is 11.4 Å². The minimum absolute atomic E-state index is 0.0585. The van der Waals surface area contributed by atoms with Crippen LogP contribution in [0, 0.1) is 12.7 Å². The summed E-state index contributed by atoms with van der Waals surface area (Å²) in [5.41, 5.74) is 6.11. The second kappa shape index (κ2) is 5.50. The lowest BCUT2D eigenvalue weighted by molar-refractivity contribution is 0.0692. The van der Waals surface area contributed by atoms with Gasteiger partial charge in [0.1, 0.15) is 11.6 Å². The first-order valence-electron chi connectivity index (χ1n) is 5.65. The van der Waals surface area contributed by atoms with Gasteiger partial charge in [0.05, 0.1) is 11.3 Å². The van der Waals surface area contributed by atoms with Crippen molar-refractivity contribution in [2.24, 2.45) is 0 Å². The van der Waals surface area contributed by atoms with Crippen molar-refractivity contribution >= 4 is 27.6 Å². The number of hydrogen-bond acceptors (Lipinski definition) is 3. The molecule has 0 saturated heterocycles. The van der Waals surface area contributed by atoms with Gasteiger partial charge in [0.2, 0.25) is 0 Å². The van der Waals surface area contributed by atoms with E-state index >= 15 is 0 Å². The minimum atomic E-state index is -1.38. The monoisotopic (exact) mass is 339 g/mol. The van der Waals surface area contributed by atoms with Gasteiger partial charge in [-0.15, -0.1) is 0 Å². The first-order valence-corrected chi connectivity index (χ1v) is 6.44. The van der Waals surface area contributed by atoms with Gasteiger partial charge < -0.3 is 15.6 Å². The molecule has 2 aromatic carbocycles. The van der Waals surface area contributed by atoms with Crippen molar-refractivity contribution < 1.29 is 19.0 Å². The van der Waals surface area contributed by atoms with E-state index in [0.717, 1.165) is 22.2 Å². The topological polar surface area (TPSA) is 72.5 Å². The van der Waals surface area contributed by atoms with Crippen molar-refractivity contribution in [2.45, 2.75) is 6.92 Å². The van der Waals surface area contributed by atoms with Crippen LogP contribution in [0.25, 0.3) is 0 Å². The van der Waals surface area contributed by atoms with Crippen LogP contribution in [0.15, 0.2) is 34.8 Å². The summed E-state index contributed by atoms with van der Waals surface area (Å²) in [5, 5.41) is 8.81. The van der Waals surface area contributed by atoms with E-state index in [2.05, 4.69) is 15.9 Å². The molecule has 4 nitrogen and oxygen atoms in total. The Balaban J connectivity index is 2.42. The van der Waals surface area contributed by atoms with E-state index < -0.39 is 17.3 Å². The third-order valence-corrected chi connectivity index (χ3v) is 3.19. The fraction of sp³-hybridized carbons (Fsp3) is 0.0714. The fourth-order valence-electron chi connectivity index (χ4n) is 1.63. The molecule has 20 heavy (non-hydrogen) atoms. The number of ether oxygens (including phenoxy) is 1. The molecule has 2 rings (SSSR count). The summed E-state index contributed by atoms with van der Waals surface area (Å²) in [7, 11) is 0. The van der Waals surface area contributed by atoms with E-state index in [4.69, 9.17) is 15.6 Å². The number of aromatic carboxylic acids is 1. The SMILES string of the molecule is Cc1ccc(Br)cc1Oc1cc(F)c(C(=O)O)cc1N. The van der Waals surface area contributed by atoms with Crippen molar-refractivity contribution in [1.29, 1.82) is 0 Å². The summed E-state index contributed by atoms with van der Waals surface area (Å²) in [4.78, 5) is 10.8. The van der Waals surface area contributed by atoms with Crippen LogP contribution in [0.5, 0.6) is 11.5 Å². The summed E-state index contributed by atoms with van der Waals surface area (Å²) >= 11 is 3.31. The number of benzene rings is 2. The summed E-state index contributed by atoms with van der Waals surface area (Å²) in [6.45, 7) is 1.83. The Labute approximate surface area is 123 Å². The number of carboxylic acid groups (broad SMARTS) is 1. The average Bonchev–Trinajstić information content (AvgIpc) is 2.37. The highest BCUT2D eigenvalue weighted by Gasteiger charge is 2.15. The molecule has 0 aliphatic carbocycles. The largest absolute Gasteiger partial charge is 0.478 e. The molecule has 0 aliphatic heterocycles. The summed E-state index contributed by atoms with van der Waals surface area (Å²) in [6.07, 6.45) is 0. The fourth-order valence-corrected chi connectivity index (χ4v) is 1.97. The number of nitrogens with two attached hydrogens (primary N) is 1. The molecule has 6 heteroatoms. The Morgan fingerprint density at radius 2 is 2.00 bits per heavy atom. The van der Waals surface area contributed by atoms with E-state index in [1.807, 2.05) is 19.1 Å². The van der Waals surface area contributed by atoms with Crippen LogP contribution in [-0.2, 0) is 0 Å². The number of aryl methyl sites for hydroxylation is 1. The molecular formula is C14H11BrFNO3. The molecule has 0 bridgehead atoms. The Kier molecular flexibility index (Phi) is 3.94. The van der Waals surface area contributed by atoms with Crippen molar-refractivity contribution in [3.8, 4) is 11.5 Å². The van der Waals surface area contributed by atoms with Crippen LogP contribution in [0.4, 0.5) is 10.1 Å². The highest BCUT2D eigenvalue weighted by Crippen LogP contribution is 2.33. The van der Waals surface area contributed by atoms with Gasteiger partial charge in [-0.25, -0.2) is 9.18 Å². The molecule has 0 spiro atoms. The second-order valence-electron chi connectivity index (χ2n) is 4.19. The quantitative estimate of drug-likeness (QED) is 0.830. The molecule has 0 heterocycles. The number of carboxylic acids is 1. The maximum atomic E-state index is 13.6. The van der Waals surface area contributed by atoms with Gasteiger partial charge >= 0.3 is 5.97 Å². The van der Waals surface area contributed by atoms with Gasteiger partial charge in [-0.1, -0.05) is 22.0 Å². The number of nitrogen functional groups attached to an aromatic ring is 1. The summed E-state index contributed by atoms with van der Waals surface area (Å²) in [6, 6.07) is 7.41. The van der Waals surface area contributed by atoms with Crippen LogP contribution in [-0.4, -0.2) is 11.1 Å². The van der Waals surface area contributed by atoms with Crippen LogP contribution < -0.4 is 10.5 Å². The molecule has 0 atom stereocenters. The van der Waals surface area contributed by atoms with E-state index in [1.54, 1.807) is 6.07 Å². The van der Waals surface area contributed by atoms with Gasteiger partial charge in [0.25, 0.3) is 0 Å². The third kappa shape index (κ3) is 2.91. The highest BCUT2D eigenvalue weighted by molar-refractivity contribution is 9.10. The van der Waals surface area contributed by atoms with Crippen molar-refractivity contribution in [2.75, 3.05) is 5.73 Å². The van der Waals surface area contributed by atoms with Crippen molar-refractivity contribution in [3.63, 3.8) is 0 Å². The zero-order valence-corrected chi connectivity index (χ0v) is 12.1. The Morgan fingerprint density at radius 1 is 1.30 bits per heavy atom. The highest BCUT2D eigenvalue weighted by atomic mass is 79.9. The lowest BCUT2D eigenvalue weighted by atomic mass is 10.1. The van der Waals surface area contributed by atoms with Crippen molar-refractivity contribution in [1.82, 2.24) is 0 Å². The van der Waals surface area contributed by atoms with Crippen LogP contribution in [0.2, 0.25) is 0 Å². The zero-order chi connectivity index (χ0) is 14.9. The molecule has 0 aromatic heterocycles. The number of hydrogen-bond donors (Lipinski definition) is 2. The van der Waals surface area contributed by atoms with Gasteiger partial charge in [-0.05, 0) is 30.7 Å². The minimum Gasteiger partial charge on any atom is -0.478 e. The summed E-state index contributed by atoms with van der Waals surface area (Å²) in [5.74, 6) is -1.68. The molecule has 0 aliphatic rings. The lowest BCUT2D eigenvalue weighted by Crippen LogP contribution is -2.03. The predicted octanol–water partition coefficient (Wildman–Crippen LogP) is 3.97. The number of anilines is 1. The molecule has 0 amide bonds. The van der Waals surface area contributed by atoms with Crippen LogP contribution >= 0.6 is 15.9 Å². The maximum absolute atomic E-state index is 13.6. The normalized spacial score (nSPS) is 10.3. The second-order valence-corrected chi connectivity index (χ2v) is 5.10. The van der Waals surface area contributed by atoms with Gasteiger partial charge in [0.15, 0.2) is 5.75 Å². The maximum Gasteiger partial charge on any atom is 0.338 e. The average molecular weight is 340 g/mol. The molecule has 104 valence electrons. The molecule has 0 saturated carbocycles. The number of rotatable bonds is 3. The Morgan fingerprint density at radius 3 is 2.65 bits per heavy atom. The first kappa shape index (κ1) is 14.3. The Bertz CT molecular complexity index is 688. The Hall–Kier alpha value is -2.08. The van der Waals surface area contributed by atoms with Crippen molar-refractivity contribution in [3.05, 3.63) is 51.7 Å². The van der Waals surface area contributed by atoms with E-state index in [1.165, 1.54) is 0 Å². The predicted molar refractivity (Wildman–Crippen MR) is 76.7 cm³/mol. The zero-order valence-electron chi connectivity index (χ0n) is 10.5. The molecule has 3 N–H and O–H groups in total. The molecule has 0 fully saturated rings. The number of halogens is 2. The van der Waals surface area contributed by atoms with Crippen LogP contribution in [0.1, 0.15) is 15.9 Å². The summed E-state index contributed by atoms with van der Waals surface area (Å²) < 4.78 is 20.0. The molecule has 2 aromatic rings. The van der Waals surface area contributed by atoms with Crippen LogP contribution in [0.3, 0.4) is 0 Å². The number of carbonyl (C=O) groups is 1. The smallest absolute Gasteiger partial charge is 0.338 e. The van der Waals surface area contributed by atoms with E-state index in [9.17, 15) is 9.18 Å². The van der Waals surface area contributed by atoms with Gasteiger partial charge in [-0.2, -0.15) is 0 Å². The van der Waals surface area contributed by atoms with Gasteiger partial charge in [0, 0.05) is 10.5 Å². The third-order valence-electron chi connectivity index (χ3n) is 2.70.